The summed E-state index contributed by atoms with van der Waals surface area (Å²) in [6.07, 6.45) is 0. The third kappa shape index (κ3) is 3.36. The second kappa shape index (κ2) is 6.06. The van der Waals surface area contributed by atoms with E-state index in [4.69, 9.17) is 5.73 Å². The van der Waals surface area contributed by atoms with Crippen LogP contribution >= 0.6 is 0 Å². The Balaban J connectivity index is 2.15. The number of hydrogen-bond donors (Lipinski definition) is 1. The molecular weight excluding hydrogens is 251 g/mol. The van der Waals surface area contributed by atoms with E-state index in [2.05, 4.69) is 36.9 Å². The smallest absolute Gasteiger partial charge is 0.128 e. The molecular formula is C17H21FN2. The number of nitrogens with two attached hydrogens (primary N) is 1. The monoisotopic (exact) mass is 272 g/mol. The van der Waals surface area contributed by atoms with Crippen molar-refractivity contribution in [1.29, 1.82) is 0 Å². The van der Waals surface area contributed by atoms with Crippen LogP contribution in [0.3, 0.4) is 0 Å². The van der Waals surface area contributed by atoms with Crippen LogP contribution in [0.5, 0.6) is 0 Å². The van der Waals surface area contributed by atoms with Crippen LogP contribution in [-0.2, 0) is 0 Å². The molecule has 0 aromatic heterocycles. The average Bonchev–Trinajstić information content (AvgIpc) is 2.37. The summed E-state index contributed by atoms with van der Waals surface area (Å²) in [4.78, 5) is 2.07. The Kier molecular flexibility index (Phi) is 4.40. The first-order valence-corrected chi connectivity index (χ1v) is 6.77. The molecule has 2 rings (SSSR count). The predicted octanol–water partition coefficient (Wildman–Crippen LogP) is 3.58. The van der Waals surface area contributed by atoms with Gasteiger partial charge in [0.05, 0.1) is 6.04 Å². The first kappa shape index (κ1) is 14.5. The number of hydrogen-bond acceptors (Lipinski definition) is 2. The van der Waals surface area contributed by atoms with Gasteiger partial charge in [0, 0.05) is 24.8 Å². The lowest BCUT2D eigenvalue weighted by Crippen LogP contribution is -2.29. The fraction of sp³-hybridized carbons (Fsp3) is 0.294. The van der Waals surface area contributed by atoms with Crippen LogP contribution in [0.4, 0.5) is 10.1 Å². The summed E-state index contributed by atoms with van der Waals surface area (Å²) >= 11 is 0. The number of benzene rings is 2. The second-order valence-corrected chi connectivity index (χ2v) is 5.35. The van der Waals surface area contributed by atoms with Gasteiger partial charge < -0.3 is 10.6 Å². The Morgan fingerprint density at radius 3 is 2.30 bits per heavy atom. The van der Waals surface area contributed by atoms with Crippen molar-refractivity contribution in [2.45, 2.75) is 19.9 Å². The van der Waals surface area contributed by atoms with Crippen molar-refractivity contribution in [1.82, 2.24) is 0 Å². The summed E-state index contributed by atoms with van der Waals surface area (Å²) in [5, 5.41) is 0. The van der Waals surface area contributed by atoms with Crippen LogP contribution in [0.2, 0.25) is 0 Å². The third-order valence-electron chi connectivity index (χ3n) is 3.42. The first-order chi connectivity index (χ1) is 9.47. The Bertz CT molecular complexity index is 575. The lowest BCUT2D eigenvalue weighted by Gasteiger charge is -2.24. The number of aryl methyl sites for hydroxylation is 2. The van der Waals surface area contributed by atoms with Gasteiger partial charge in [0.15, 0.2) is 0 Å². The molecule has 2 aromatic carbocycles. The van der Waals surface area contributed by atoms with E-state index in [-0.39, 0.29) is 11.9 Å². The van der Waals surface area contributed by atoms with E-state index in [1.807, 2.05) is 13.1 Å². The van der Waals surface area contributed by atoms with Crippen LogP contribution in [0.15, 0.2) is 42.5 Å². The minimum Gasteiger partial charge on any atom is -0.373 e. The molecule has 0 spiro atoms. The van der Waals surface area contributed by atoms with Gasteiger partial charge in [-0.2, -0.15) is 0 Å². The summed E-state index contributed by atoms with van der Waals surface area (Å²) in [5.41, 5.74) is 10.2. The summed E-state index contributed by atoms with van der Waals surface area (Å²) in [6, 6.07) is 12.7. The molecule has 0 heterocycles. The van der Waals surface area contributed by atoms with Crippen LogP contribution in [0.1, 0.15) is 22.7 Å². The first-order valence-electron chi connectivity index (χ1n) is 6.77. The third-order valence-corrected chi connectivity index (χ3v) is 3.42. The molecule has 0 aliphatic carbocycles. The number of likely N-dealkylation sites (N-methyl/N-ethyl adjacent to an activating group) is 1. The van der Waals surface area contributed by atoms with Gasteiger partial charge in [-0.15, -0.1) is 0 Å². The van der Waals surface area contributed by atoms with Gasteiger partial charge in [0.1, 0.15) is 5.82 Å². The highest BCUT2D eigenvalue weighted by atomic mass is 19.1. The van der Waals surface area contributed by atoms with E-state index in [0.717, 1.165) is 5.69 Å². The normalized spacial score (nSPS) is 12.2. The number of nitrogens with zero attached hydrogens (tertiary/aromatic N) is 1. The van der Waals surface area contributed by atoms with Crippen LogP contribution in [0, 0.1) is 19.7 Å². The number of rotatable bonds is 4. The van der Waals surface area contributed by atoms with Crippen LogP contribution in [0.25, 0.3) is 0 Å². The molecule has 2 nitrogen and oxygen atoms in total. The lowest BCUT2D eigenvalue weighted by atomic mass is 10.1. The number of anilines is 1. The topological polar surface area (TPSA) is 29.3 Å². The van der Waals surface area contributed by atoms with Gasteiger partial charge in [-0.1, -0.05) is 24.3 Å². The molecule has 3 heteroatoms. The molecule has 2 aromatic rings. The molecule has 0 radical (unpaired) electrons. The maximum atomic E-state index is 13.7. The van der Waals surface area contributed by atoms with Crippen molar-refractivity contribution in [3.05, 3.63) is 65.0 Å². The standard InChI is InChI=1S/C17H21FN2/c1-12-8-13(2)10-14(9-12)20(3)11-17(19)15-6-4-5-7-16(15)18/h4-10,17H,11,19H2,1-3H3. The van der Waals surface area contributed by atoms with Crippen molar-refractivity contribution in [3.8, 4) is 0 Å². The molecule has 0 aliphatic heterocycles. The highest BCUT2D eigenvalue weighted by Gasteiger charge is 2.13. The zero-order valence-corrected chi connectivity index (χ0v) is 12.2. The highest BCUT2D eigenvalue weighted by Crippen LogP contribution is 2.21. The van der Waals surface area contributed by atoms with Gasteiger partial charge in [-0.05, 0) is 43.2 Å². The molecule has 1 unspecified atom stereocenters. The van der Waals surface area contributed by atoms with Crippen LogP contribution < -0.4 is 10.6 Å². The zero-order chi connectivity index (χ0) is 14.7. The Morgan fingerprint density at radius 1 is 1.10 bits per heavy atom. The van der Waals surface area contributed by atoms with E-state index in [9.17, 15) is 4.39 Å². The maximum absolute atomic E-state index is 13.7. The van der Waals surface area contributed by atoms with E-state index >= 15 is 0 Å². The summed E-state index contributed by atoms with van der Waals surface area (Å²) in [5.74, 6) is -0.242. The van der Waals surface area contributed by atoms with E-state index < -0.39 is 0 Å². The van der Waals surface area contributed by atoms with Gasteiger partial charge in [-0.3, -0.25) is 0 Å². The predicted molar refractivity (Wildman–Crippen MR) is 82.5 cm³/mol. The summed E-state index contributed by atoms with van der Waals surface area (Å²) in [7, 11) is 1.98. The van der Waals surface area contributed by atoms with Gasteiger partial charge in [-0.25, -0.2) is 4.39 Å². The van der Waals surface area contributed by atoms with Crippen molar-refractivity contribution >= 4 is 5.69 Å². The van der Waals surface area contributed by atoms with E-state index in [1.165, 1.54) is 17.2 Å². The summed E-state index contributed by atoms with van der Waals surface area (Å²) < 4.78 is 13.7. The maximum Gasteiger partial charge on any atom is 0.128 e. The van der Waals surface area contributed by atoms with Crippen molar-refractivity contribution in [2.75, 3.05) is 18.5 Å². The zero-order valence-electron chi connectivity index (χ0n) is 12.2. The van der Waals surface area contributed by atoms with Gasteiger partial charge in [0.2, 0.25) is 0 Å². The molecule has 0 fully saturated rings. The van der Waals surface area contributed by atoms with E-state index in [0.29, 0.717) is 12.1 Å². The van der Waals surface area contributed by atoms with E-state index in [1.54, 1.807) is 12.1 Å². The molecule has 1 atom stereocenters. The average molecular weight is 272 g/mol. The second-order valence-electron chi connectivity index (χ2n) is 5.35. The van der Waals surface area contributed by atoms with Crippen molar-refractivity contribution < 1.29 is 4.39 Å². The SMILES string of the molecule is Cc1cc(C)cc(N(C)CC(N)c2ccccc2F)c1. The molecule has 2 N–H and O–H groups in total. The van der Waals surface area contributed by atoms with Gasteiger partial charge in [0.25, 0.3) is 0 Å². The largest absolute Gasteiger partial charge is 0.373 e. The molecule has 0 saturated heterocycles. The fourth-order valence-electron chi connectivity index (χ4n) is 2.45. The summed E-state index contributed by atoms with van der Waals surface area (Å²) in [6.45, 7) is 4.71. The van der Waals surface area contributed by atoms with Gasteiger partial charge >= 0.3 is 0 Å². The Morgan fingerprint density at radius 2 is 1.70 bits per heavy atom. The molecule has 20 heavy (non-hydrogen) atoms. The Labute approximate surface area is 120 Å². The molecule has 0 amide bonds. The quantitative estimate of drug-likeness (QED) is 0.921. The molecule has 106 valence electrons. The fourth-order valence-corrected chi connectivity index (χ4v) is 2.45. The van der Waals surface area contributed by atoms with Crippen molar-refractivity contribution in [2.24, 2.45) is 5.73 Å². The minimum atomic E-state index is -0.345. The molecule has 0 aliphatic rings. The Hall–Kier alpha value is -1.87. The highest BCUT2D eigenvalue weighted by molar-refractivity contribution is 5.50. The van der Waals surface area contributed by atoms with Crippen molar-refractivity contribution in [3.63, 3.8) is 0 Å². The molecule has 0 bridgehead atoms. The molecule has 0 saturated carbocycles. The number of halogens is 1. The van der Waals surface area contributed by atoms with Crippen LogP contribution in [-0.4, -0.2) is 13.6 Å². The minimum absolute atomic E-state index is 0.242. The lowest BCUT2D eigenvalue weighted by molar-refractivity contribution is 0.580.